The van der Waals surface area contributed by atoms with Crippen molar-refractivity contribution in [2.75, 3.05) is 0 Å². The van der Waals surface area contributed by atoms with Crippen LogP contribution in [0.4, 0.5) is 0 Å². The number of hydrogen-bond acceptors (Lipinski definition) is 2. The minimum atomic E-state index is 0.781. The summed E-state index contributed by atoms with van der Waals surface area (Å²) in [7, 11) is 6.56. The Labute approximate surface area is 153 Å². The molecule has 1 aliphatic carbocycles. The number of rotatable bonds is 1. The Balaban J connectivity index is 0.000000323. The lowest BCUT2D eigenvalue weighted by molar-refractivity contribution is 0.705. The van der Waals surface area contributed by atoms with Crippen LogP contribution in [0.15, 0.2) is 51.9 Å². The van der Waals surface area contributed by atoms with E-state index in [2.05, 4.69) is 12.0 Å². The van der Waals surface area contributed by atoms with Crippen molar-refractivity contribution in [1.29, 1.82) is 5.26 Å². The van der Waals surface area contributed by atoms with Crippen LogP contribution in [0.1, 0.15) is 45.1 Å². The normalized spacial score (nSPS) is 13.6. The van der Waals surface area contributed by atoms with Crippen molar-refractivity contribution in [2.24, 2.45) is 0 Å². The fourth-order valence-electron chi connectivity index (χ4n) is 1.56. The molecule has 0 fully saturated rings. The molecule has 0 bridgehead atoms. The third kappa shape index (κ3) is 10.9. The van der Waals surface area contributed by atoms with Gasteiger partial charge >= 0.3 is 0 Å². The molecule has 122 valence electrons. The Hall–Kier alpha value is -1.32. The molecule has 0 heterocycles. The third-order valence-electron chi connectivity index (χ3n) is 3.00. The van der Waals surface area contributed by atoms with Gasteiger partial charge in [0.15, 0.2) is 0 Å². The molecule has 0 aromatic heterocycles. The molecule has 1 aliphatic rings. The van der Waals surface area contributed by atoms with Crippen molar-refractivity contribution in [2.45, 2.75) is 39.5 Å². The van der Waals surface area contributed by atoms with Gasteiger partial charge in [-0.05, 0) is 78.2 Å². The van der Waals surface area contributed by atoms with Crippen LogP contribution in [0, 0.1) is 23.7 Å². The summed E-state index contributed by atoms with van der Waals surface area (Å²) in [6.45, 7) is 3.93. The minimum absolute atomic E-state index is 0.781. The number of hydrogen-bond donors (Lipinski definition) is 0. The second-order valence-corrected chi connectivity index (χ2v) is 6.41. The molecule has 23 heavy (non-hydrogen) atoms. The average Bonchev–Trinajstić information content (AvgIpc) is 2.63. The Morgan fingerprint density at radius 2 is 1.87 bits per heavy atom. The summed E-state index contributed by atoms with van der Waals surface area (Å²) in [5.41, 5.74) is 1.73. The van der Waals surface area contributed by atoms with Crippen LogP contribution in [0.5, 0.6) is 0 Å². The van der Waals surface area contributed by atoms with Gasteiger partial charge in [0.2, 0.25) is 0 Å². The van der Waals surface area contributed by atoms with E-state index in [0.29, 0.717) is 0 Å². The second-order valence-electron chi connectivity index (χ2n) is 4.69. The van der Waals surface area contributed by atoms with Crippen LogP contribution >= 0.6 is 33.3 Å². The van der Waals surface area contributed by atoms with E-state index in [1.165, 1.54) is 11.0 Å². The fraction of sp³-hybridized carbons (Fsp3) is 0.316. The number of allylic oxidation sites excluding steroid dienone is 4. The predicted octanol–water partition coefficient (Wildman–Crippen LogP) is 7.04. The quantitative estimate of drug-likeness (QED) is 0.498. The summed E-state index contributed by atoms with van der Waals surface area (Å²) in [4.78, 5) is 1.15. The summed E-state index contributed by atoms with van der Waals surface area (Å²) in [6.07, 6.45) is 11.1. The Kier molecular flexibility index (Phi) is 13.5. The molecule has 0 radical (unpaired) electrons. The van der Waals surface area contributed by atoms with E-state index in [1.807, 2.05) is 50.3 Å². The lowest BCUT2D eigenvalue weighted by Crippen LogP contribution is -1.92. The van der Waals surface area contributed by atoms with Gasteiger partial charge in [-0.3, -0.25) is 0 Å². The zero-order chi connectivity index (χ0) is 17.5. The van der Waals surface area contributed by atoms with E-state index in [9.17, 15) is 0 Å². The first-order valence-electron chi connectivity index (χ1n) is 7.29. The molecule has 0 atom stereocenters. The van der Waals surface area contributed by atoms with Gasteiger partial charge in [0, 0.05) is 16.2 Å². The van der Waals surface area contributed by atoms with Gasteiger partial charge in [-0.2, -0.15) is 5.26 Å². The van der Waals surface area contributed by atoms with Crippen LogP contribution in [0.3, 0.4) is 0 Å². The standard InChI is InChI=1S/C8H6.C7H8ClN.C4H7ClS/c1-2-8-6-4-3-5-7-8;8-7-4-2-1-3-6(7)5-9;1-3-4(2)6-5/h1,3-7H;1-4H2;3H,1-2H3/b;;4-3+. The highest BCUT2D eigenvalue weighted by molar-refractivity contribution is 8.24. The summed E-state index contributed by atoms with van der Waals surface area (Å²) in [5, 5.41) is 9.25. The van der Waals surface area contributed by atoms with Gasteiger partial charge < -0.3 is 0 Å². The third-order valence-corrected chi connectivity index (χ3v) is 4.63. The van der Waals surface area contributed by atoms with Crippen LogP contribution in [0.25, 0.3) is 0 Å². The zero-order valence-corrected chi connectivity index (χ0v) is 15.8. The van der Waals surface area contributed by atoms with Crippen LogP contribution in [0.2, 0.25) is 0 Å². The molecular formula is C19H21Cl2NS. The maximum Gasteiger partial charge on any atom is 0.0959 e. The van der Waals surface area contributed by atoms with E-state index < -0.39 is 0 Å². The molecule has 1 nitrogen and oxygen atoms in total. The Morgan fingerprint density at radius 3 is 2.17 bits per heavy atom. The van der Waals surface area contributed by atoms with Gasteiger partial charge in [-0.15, -0.1) is 6.42 Å². The molecule has 0 amide bonds. The monoisotopic (exact) mass is 365 g/mol. The maximum absolute atomic E-state index is 8.47. The Bertz CT molecular complexity index is 592. The van der Waals surface area contributed by atoms with Crippen molar-refractivity contribution in [1.82, 2.24) is 0 Å². The van der Waals surface area contributed by atoms with Crippen LogP contribution in [-0.4, -0.2) is 0 Å². The lowest BCUT2D eigenvalue weighted by atomic mass is 10.0. The molecule has 0 spiro atoms. The molecule has 4 heteroatoms. The molecule has 1 aromatic carbocycles. The van der Waals surface area contributed by atoms with Gasteiger partial charge in [0.25, 0.3) is 0 Å². The van der Waals surface area contributed by atoms with E-state index in [0.717, 1.165) is 46.8 Å². The molecule has 2 rings (SSSR count). The predicted molar refractivity (Wildman–Crippen MR) is 104 cm³/mol. The van der Waals surface area contributed by atoms with E-state index >= 15 is 0 Å². The van der Waals surface area contributed by atoms with E-state index in [1.54, 1.807) is 0 Å². The second kappa shape index (κ2) is 14.3. The van der Waals surface area contributed by atoms with Gasteiger partial charge in [-0.1, -0.05) is 41.8 Å². The molecule has 0 saturated carbocycles. The maximum atomic E-state index is 8.47. The summed E-state index contributed by atoms with van der Waals surface area (Å²) in [5.74, 6) is 2.53. The highest BCUT2D eigenvalue weighted by Crippen LogP contribution is 2.26. The van der Waals surface area contributed by atoms with Crippen molar-refractivity contribution >= 4 is 33.3 Å². The number of nitriles is 1. The first-order chi connectivity index (χ1) is 11.1. The fourth-order valence-corrected chi connectivity index (χ4v) is 2.19. The number of benzene rings is 1. The van der Waals surface area contributed by atoms with Crippen molar-refractivity contribution < 1.29 is 0 Å². The number of halogens is 2. The van der Waals surface area contributed by atoms with Gasteiger partial charge in [0.1, 0.15) is 0 Å². The largest absolute Gasteiger partial charge is 0.193 e. The summed E-state index contributed by atoms with van der Waals surface area (Å²) < 4.78 is 0. The molecule has 0 unspecified atom stereocenters. The summed E-state index contributed by atoms with van der Waals surface area (Å²) in [6, 6.07) is 11.7. The van der Waals surface area contributed by atoms with E-state index in [4.69, 9.17) is 34.0 Å². The zero-order valence-electron chi connectivity index (χ0n) is 13.5. The van der Waals surface area contributed by atoms with Crippen LogP contribution in [-0.2, 0) is 0 Å². The number of nitrogens with zero attached hydrogens (tertiary/aromatic N) is 1. The van der Waals surface area contributed by atoms with E-state index in [-0.39, 0.29) is 0 Å². The molecule has 0 N–H and O–H groups in total. The summed E-state index contributed by atoms with van der Waals surface area (Å²) >= 11 is 5.74. The highest BCUT2D eigenvalue weighted by Gasteiger charge is 2.08. The molecule has 0 saturated heterocycles. The van der Waals surface area contributed by atoms with Crippen LogP contribution < -0.4 is 0 Å². The van der Waals surface area contributed by atoms with Crippen molar-refractivity contribution in [3.63, 3.8) is 0 Å². The van der Waals surface area contributed by atoms with Gasteiger partial charge in [-0.25, -0.2) is 0 Å². The molecule has 0 aliphatic heterocycles. The lowest BCUT2D eigenvalue weighted by Gasteiger charge is -2.08. The minimum Gasteiger partial charge on any atom is -0.193 e. The highest BCUT2D eigenvalue weighted by atomic mass is 35.7. The van der Waals surface area contributed by atoms with Crippen molar-refractivity contribution in [3.05, 3.63) is 57.5 Å². The average molecular weight is 366 g/mol. The first-order valence-corrected chi connectivity index (χ1v) is 9.31. The topological polar surface area (TPSA) is 23.8 Å². The molecule has 1 aromatic rings. The number of terminal acetylenes is 1. The van der Waals surface area contributed by atoms with Crippen molar-refractivity contribution in [3.8, 4) is 18.4 Å². The Morgan fingerprint density at radius 1 is 1.26 bits per heavy atom. The SMILES string of the molecule is C#Cc1ccccc1.C/C=C(\C)SCl.N#CC1=C(Cl)CCCC1. The van der Waals surface area contributed by atoms with Gasteiger partial charge in [0.05, 0.1) is 6.07 Å². The first kappa shape index (κ1) is 21.7. The smallest absolute Gasteiger partial charge is 0.0959 e. The molecular weight excluding hydrogens is 345 g/mol.